The van der Waals surface area contributed by atoms with Crippen molar-refractivity contribution in [3.8, 4) is 0 Å². The van der Waals surface area contributed by atoms with E-state index in [9.17, 15) is 4.79 Å². The zero-order valence-corrected chi connectivity index (χ0v) is 8.43. The molecule has 0 spiro atoms. The minimum atomic E-state index is 0.245. The molecule has 11 heavy (non-hydrogen) atoms. The minimum absolute atomic E-state index is 0.245. The molecule has 1 aliphatic rings. The van der Waals surface area contributed by atoms with Crippen molar-refractivity contribution in [1.29, 1.82) is 0 Å². The Morgan fingerprint density at radius 2 is 2.45 bits per heavy atom. The van der Waals surface area contributed by atoms with Crippen LogP contribution in [0.25, 0.3) is 0 Å². The van der Waals surface area contributed by atoms with E-state index in [2.05, 4.69) is 23.1 Å². The van der Waals surface area contributed by atoms with Gasteiger partial charge in [-0.2, -0.15) is 0 Å². The summed E-state index contributed by atoms with van der Waals surface area (Å²) in [7, 11) is 0. The highest BCUT2D eigenvalue weighted by Crippen LogP contribution is 2.24. The second-order valence-corrected chi connectivity index (χ2v) is 3.80. The van der Waals surface area contributed by atoms with Crippen molar-refractivity contribution in [3.05, 3.63) is 0 Å². The highest BCUT2D eigenvalue weighted by molar-refractivity contribution is 9.07. The number of rotatable bonds is 2. The first-order valence-electron chi connectivity index (χ1n) is 4.23. The third-order valence-corrected chi connectivity index (χ3v) is 3.08. The topological polar surface area (TPSA) is 20.3 Å². The molecule has 1 unspecified atom stereocenters. The van der Waals surface area contributed by atoms with Crippen LogP contribution >= 0.6 is 16.1 Å². The van der Waals surface area contributed by atoms with Gasteiger partial charge in [-0.1, -0.05) is 13.3 Å². The van der Waals surface area contributed by atoms with Gasteiger partial charge in [0.2, 0.25) is 5.91 Å². The van der Waals surface area contributed by atoms with Crippen molar-refractivity contribution in [2.75, 3.05) is 0 Å². The summed E-state index contributed by atoms with van der Waals surface area (Å²) in [5, 5.41) is 0. The van der Waals surface area contributed by atoms with Gasteiger partial charge in [0, 0.05) is 12.5 Å². The normalized spacial score (nSPS) is 25.8. The summed E-state index contributed by atoms with van der Waals surface area (Å²) in [6, 6.07) is 0.446. The van der Waals surface area contributed by atoms with Gasteiger partial charge in [0.1, 0.15) is 0 Å². The maximum Gasteiger partial charge on any atom is 0.232 e. The number of nitrogens with zero attached hydrogens (tertiary/aromatic N) is 1. The first-order valence-corrected chi connectivity index (χ1v) is 4.94. The average molecular weight is 220 g/mol. The zero-order valence-electron chi connectivity index (χ0n) is 6.85. The number of piperidine rings is 1. The van der Waals surface area contributed by atoms with E-state index in [0.29, 0.717) is 12.5 Å². The summed E-state index contributed by atoms with van der Waals surface area (Å²) in [5.74, 6) is 0.245. The van der Waals surface area contributed by atoms with E-state index in [4.69, 9.17) is 0 Å². The number of hydrogen-bond donors (Lipinski definition) is 0. The van der Waals surface area contributed by atoms with Gasteiger partial charge in [0.15, 0.2) is 0 Å². The molecule has 1 heterocycles. The molecule has 0 radical (unpaired) electrons. The van der Waals surface area contributed by atoms with Gasteiger partial charge in [-0.25, -0.2) is 0 Å². The largest absolute Gasteiger partial charge is 0.276 e. The summed E-state index contributed by atoms with van der Waals surface area (Å²) in [6.07, 6.45) is 5.21. The fourth-order valence-electron chi connectivity index (χ4n) is 1.50. The summed E-state index contributed by atoms with van der Waals surface area (Å²) in [4.78, 5) is 11.2. The molecule has 1 atom stereocenters. The van der Waals surface area contributed by atoms with Crippen molar-refractivity contribution in [2.45, 2.75) is 45.1 Å². The molecule has 1 amide bonds. The number of halogens is 1. The average Bonchev–Trinajstić information content (AvgIpc) is 1.99. The number of hydrogen-bond acceptors (Lipinski definition) is 1. The van der Waals surface area contributed by atoms with Gasteiger partial charge in [-0.05, 0) is 19.3 Å². The first kappa shape index (κ1) is 9.04. The number of carbonyl (C=O) groups excluding carboxylic acids is 1. The van der Waals surface area contributed by atoms with Crippen LogP contribution in [0.4, 0.5) is 0 Å². The SMILES string of the molecule is CCCC1CCCC(=O)N1Br. The van der Waals surface area contributed by atoms with Crippen molar-refractivity contribution < 1.29 is 4.79 Å². The van der Waals surface area contributed by atoms with Crippen molar-refractivity contribution >= 4 is 22.1 Å². The molecule has 1 aliphatic heterocycles. The van der Waals surface area contributed by atoms with E-state index >= 15 is 0 Å². The van der Waals surface area contributed by atoms with Gasteiger partial charge in [-0.3, -0.25) is 8.72 Å². The maximum absolute atomic E-state index is 11.2. The van der Waals surface area contributed by atoms with E-state index in [1.165, 1.54) is 0 Å². The lowest BCUT2D eigenvalue weighted by Crippen LogP contribution is -2.36. The summed E-state index contributed by atoms with van der Waals surface area (Å²) in [5.41, 5.74) is 0. The van der Waals surface area contributed by atoms with Gasteiger partial charge in [0.25, 0.3) is 0 Å². The Kier molecular flexibility index (Phi) is 3.37. The molecule has 3 heteroatoms. The molecule has 0 aliphatic carbocycles. The second kappa shape index (κ2) is 4.10. The van der Waals surface area contributed by atoms with Crippen molar-refractivity contribution in [3.63, 3.8) is 0 Å². The third kappa shape index (κ3) is 2.19. The van der Waals surface area contributed by atoms with Gasteiger partial charge < -0.3 is 0 Å². The van der Waals surface area contributed by atoms with E-state index in [0.717, 1.165) is 25.7 Å². The Bertz CT molecular complexity index is 147. The predicted molar refractivity (Wildman–Crippen MR) is 48.3 cm³/mol. The van der Waals surface area contributed by atoms with Crippen LogP contribution < -0.4 is 0 Å². The molecular weight excluding hydrogens is 206 g/mol. The standard InChI is InChI=1S/C8H14BrNO/c1-2-4-7-5-3-6-8(11)10(7)9/h7H,2-6H2,1H3. The molecule has 0 bridgehead atoms. The van der Waals surface area contributed by atoms with E-state index in [1.807, 2.05) is 0 Å². The Morgan fingerprint density at radius 3 is 3.09 bits per heavy atom. The monoisotopic (exact) mass is 219 g/mol. The quantitative estimate of drug-likeness (QED) is 0.654. The molecule has 0 aromatic carbocycles. The van der Waals surface area contributed by atoms with Crippen molar-refractivity contribution in [1.82, 2.24) is 3.93 Å². The Hall–Kier alpha value is -0.0500. The predicted octanol–water partition coefficient (Wildman–Crippen LogP) is 2.48. The number of carbonyl (C=O) groups is 1. The van der Waals surface area contributed by atoms with E-state index in [-0.39, 0.29) is 5.91 Å². The lowest BCUT2D eigenvalue weighted by Gasteiger charge is -2.29. The molecular formula is C8H14BrNO. The van der Waals surface area contributed by atoms with Crippen LogP contribution in [-0.4, -0.2) is 15.9 Å². The van der Waals surface area contributed by atoms with Crippen LogP contribution in [0, 0.1) is 0 Å². The molecule has 0 aromatic rings. The summed E-state index contributed by atoms with van der Waals surface area (Å²) >= 11 is 3.30. The Morgan fingerprint density at radius 1 is 1.73 bits per heavy atom. The molecule has 1 fully saturated rings. The molecule has 0 saturated carbocycles. The van der Waals surface area contributed by atoms with Crippen LogP contribution in [0.5, 0.6) is 0 Å². The molecule has 64 valence electrons. The lowest BCUT2D eigenvalue weighted by molar-refractivity contribution is -0.129. The maximum atomic E-state index is 11.2. The second-order valence-electron chi connectivity index (χ2n) is 3.04. The van der Waals surface area contributed by atoms with Crippen LogP contribution in [0.2, 0.25) is 0 Å². The zero-order chi connectivity index (χ0) is 8.27. The van der Waals surface area contributed by atoms with Crippen molar-refractivity contribution in [2.24, 2.45) is 0 Å². The minimum Gasteiger partial charge on any atom is -0.276 e. The molecule has 1 rings (SSSR count). The Labute approximate surface area is 76.3 Å². The van der Waals surface area contributed by atoms with Gasteiger partial charge >= 0.3 is 0 Å². The van der Waals surface area contributed by atoms with Gasteiger partial charge in [-0.15, -0.1) is 0 Å². The Balaban J connectivity index is 2.44. The summed E-state index contributed by atoms with van der Waals surface area (Å²) in [6.45, 7) is 2.15. The summed E-state index contributed by atoms with van der Waals surface area (Å²) < 4.78 is 1.74. The molecule has 2 nitrogen and oxygen atoms in total. The smallest absolute Gasteiger partial charge is 0.232 e. The fourth-order valence-corrected chi connectivity index (χ4v) is 2.09. The van der Waals surface area contributed by atoms with Crippen LogP contribution in [0.1, 0.15) is 39.0 Å². The van der Waals surface area contributed by atoms with Crippen LogP contribution in [0.15, 0.2) is 0 Å². The van der Waals surface area contributed by atoms with Crippen LogP contribution in [0.3, 0.4) is 0 Å². The highest BCUT2D eigenvalue weighted by Gasteiger charge is 2.24. The highest BCUT2D eigenvalue weighted by atomic mass is 79.9. The molecule has 1 saturated heterocycles. The molecule has 0 N–H and O–H groups in total. The lowest BCUT2D eigenvalue weighted by atomic mass is 10.0. The molecule has 0 aromatic heterocycles. The van der Waals surface area contributed by atoms with Crippen LogP contribution in [-0.2, 0) is 4.79 Å². The van der Waals surface area contributed by atoms with E-state index in [1.54, 1.807) is 3.93 Å². The fraction of sp³-hybridized carbons (Fsp3) is 0.875. The first-order chi connectivity index (χ1) is 5.25. The van der Waals surface area contributed by atoms with E-state index < -0.39 is 0 Å². The van der Waals surface area contributed by atoms with Gasteiger partial charge in [0.05, 0.1) is 16.1 Å². The third-order valence-electron chi connectivity index (χ3n) is 2.11. The number of amides is 1.